The van der Waals surface area contributed by atoms with E-state index in [0.717, 1.165) is 4.73 Å². The van der Waals surface area contributed by atoms with E-state index in [1.807, 2.05) is 0 Å². The van der Waals surface area contributed by atoms with Crippen LogP contribution in [0.15, 0.2) is 6.20 Å². The summed E-state index contributed by atoms with van der Waals surface area (Å²) in [6.07, 6.45) is 1.27. The van der Waals surface area contributed by atoms with Crippen LogP contribution in [0.25, 0.3) is 0 Å². The fourth-order valence-electron chi connectivity index (χ4n) is 0.890. The fraction of sp³-hybridized carbons (Fsp3) is 0.429. The molecule has 0 saturated carbocycles. The van der Waals surface area contributed by atoms with Gasteiger partial charge in [0.15, 0.2) is 0 Å². The number of aryl methyl sites for hydroxylation is 1. The van der Waals surface area contributed by atoms with Crippen molar-refractivity contribution in [3.63, 3.8) is 0 Å². The van der Waals surface area contributed by atoms with Gasteiger partial charge in [-0.1, -0.05) is 0 Å². The van der Waals surface area contributed by atoms with Crippen LogP contribution in [-0.4, -0.2) is 4.73 Å². The molecule has 0 unspecified atom stereocenters. The van der Waals surface area contributed by atoms with Crippen molar-refractivity contribution < 1.29 is 4.43 Å². The second-order valence-electron chi connectivity index (χ2n) is 2.56. The van der Waals surface area contributed by atoms with E-state index in [-0.39, 0.29) is 0 Å². The van der Waals surface area contributed by atoms with Crippen molar-refractivity contribution in [2.45, 2.75) is 20.8 Å². The SMILES string of the molecule is Cc1c(C)[15n]([O-])c(C)c[n+]1=O. The third-order valence-corrected chi connectivity index (χ3v) is 1.78. The summed E-state index contributed by atoms with van der Waals surface area (Å²) in [5.41, 5.74) is 1.33. The molecule has 0 bridgehead atoms. The van der Waals surface area contributed by atoms with Gasteiger partial charge >= 0.3 is 0 Å². The minimum Gasteiger partial charge on any atom is -0.805 e. The Morgan fingerprint density at radius 3 is 2.55 bits per heavy atom. The molecule has 0 atom stereocenters. The van der Waals surface area contributed by atoms with E-state index >= 15 is 0 Å². The molecular formula is C7H10N2O2. The summed E-state index contributed by atoms with van der Waals surface area (Å²) in [5, 5.41) is 11.1. The third kappa shape index (κ3) is 1.11. The Balaban J connectivity index is 3.59. The molecule has 1 aromatic heterocycles. The lowest BCUT2D eigenvalue weighted by molar-refractivity contribution is -0.504. The lowest BCUT2D eigenvalue weighted by Gasteiger charge is -2.14. The van der Waals surface area contributed by atoms with Gasteiger partial charge in [0.25, 0.3) is 5.69 Å². The molecule has 0 radical (unpaired) electrons. The van der Waals surface area contributed by atoms with Gasteiger partial charge in [-0.2, -0.15) is 0 Å². The molecule has 4 nitrogen and oxygen atoms in total. The van der Waals surface area contributed by atoms with Crippen LogP contribution >= 0.6 is 0 Å². The standard InChI is InChI=1S/C7H10N2O2/c1-5-4-8(10)6(2)7(3)9(5)11/h4H,1-3H3/i9+1. The third-order valence-electron chi connectivity index (χ3n) is 1.78. The summed E-state index contributed by atoms with van der Waals surface area (Å²) in [5.74, 6) is 0. The van der Waals surface area contributed by atoms with E-state index in [2.05, 4.69) is 0 Å². The highest BCUT2D eigenvalue weighted by Gasteiger charge is 2.08. The number of nitrogens with zero attached hydrogens (tertiary/aromatic N) is 2. The molecule has 4 heteroatoms. The van der Waals surface area contributed by atoms with Crippen molar-refractivity contribution >= 4 is 0 Å². The Kier molecular flexibility index (Phi) is 1.68. The van der Waals surface area contributed by atoms with Gasteiger partial charge in [-0.15, -0.1) is 0 Å². The van der Waals surface area contributed by atoms with Gasteiger partial charge in [0.1, 0.15) is 0 Å². The first-order chi connectivity index (χ1) is 5.04. The van der Waals surface area contributed by atoms with Crippen molar-refractivity contribution in [3.05, 3.63) is 33.4 Å². The molecule has 0 N–H and O–H groups in total. The van der Waals surface area contributed by atoms with E-state index in [4.69, 9.17) is 0 Å². The van der Waals surface area contributed by atoms with Gasteiger partial charge in [0.05, 0.1) is 15.8 Å². The van der Waals surface area contributed by atoms with E-state index in [1.54, 1.807) is 20.8 Å². The highest BCUT2D eigenvalue weighted by molar-refractivity contribution is 5.08. The molecule has 0 spiro atoms. The molecular weight excluding hydrogens is 145 g/mol. The largest absolute Gasteiger partial charge is 0.805 e. The Labute approximate surface area is 64.3 Å². The van der Waals surface area contributed by atoms with Gasteiger partial charge < -0.3 is 9.94 Å². The molecule has 0 fully saturated rings. The second kappa shape index (κ2) is 2.38. The van der Waals surface area contributed by atoms with Crippen molar-refractivity contribution in [3.8, 4) is 0 Å². The molecule has 0 aliphatic heterocycles. The molecule has 1 aromatic rings. The van der Waals surface area contributed by atoms with Gasteiger partial charge in [-0.25, -0.2) is 0 Å². The van der Waals surface area contributed by atoms with Crippen LogP contribution in [0.3, 0.4) is 0 Å². The first-order valence-electron chi connectivity index (χ1n) is 3.33. The van der Waals surface area contributed by atoms with Crippen LogP contribution in [0, 0.1) is 30.9 Å². The average Bonchev–Trinajstić information content (AvgIpc) is 1.97. The number of hydrogen-bond donors (Lipinski definition) is 0. The Morgan fingerprint density at radius 2 is 2.00 bits per heavy atom. The minimum atomic E-state index is 0.420. The molecule has 0 aromatic carbocycles. The lowest BCUT2D eigenvalue weighted by atomic mass is 10.3. The summed E-state index contributed by atoms with van der Waals surface area (Å²) < 4.78 is 1.46. The fourth-order valence-corrected chi connectivity index (χ4v) is 0.890. The van der Waals surface area contributed by atoms with Crippen LogP contribution in [0.1, 0.15) is 17.1 Å². The minimum absolute atomic E-state index is 0.420. The zero-order chi connectivity index (χ0) is 8.59. The smallest absolute Gasteiger partial charge is 0.255 e. The lowest BCUT2D eigenvalue weighted by Crippen LogP contribution is -2.23. The maximum atomic E-state index is 11.1. The summed E-state index contributed by atoms with van der Waals surface area (Å²) in [6, 6.07) is 0. The van der Waals surface area contributed by atoms with Gasteiger partial charge in [-0.05, 0) is 13.8 Å². The zero-order valence-electron chi connectivity index (χ0n) is 6.79. The molecule has 0 aliphatic rings. The molecule has 1 rings (SSSR count). The topological polar surface area (TPSA) is 51.0 Å². The van der Waals surface area contributed by atoms with E-state index in [9.17, 15) is 10.1 Å². The Bertz CT molecular complexity index is 341. The summed E-state index contributed by atoms with van der Waals surface area (Å²) in [6.45, 7) is 4.85. The molecule has 60 valence electrons. The summed E-state index contributed by atoms with van der Waals surface area (Å²) in [4.78, 5) is 11.0. The predicted molar refractivity (Wildman–Crippen MR) is 40.8 cm³/mol. The molecule has 1 heterocycles. The van der Waals surface area contributed by atoms with Crippen molar-refractivity contribution in [1.82, 2.24) is 4.73 Å². The van der Waals surface area contributed by atoms with Gasteiger partial charge in [0.2, 0.25) is 6.20 Å². The summed E-state index contributed by atoms with van der Waals surface area (Å²) in [7, 11) is 0. The van der Waals surface area contributed by atoms with Crippen molar-refractivity contribution in [1.29, 1.82) is 0 Å². The van der Waals surface area contributed by atoms with Crippen molar-refractivity contribution in [2.75, 3.05) is 0 Å². The van der Waals surface area contributed by atoms with Crippen LogP contribution in [0.5, 0.6) is 0 Å². The van der Waals surface area contributed by atoms with E-state index in [1.165, 1.54) is 6.20 Å². The Hall–Kier alpha value is -1.32. The quantitative estimate of drug-likeness (QED) is 0.517. The van der Waals surface area contributed by atoms with E-state index in [0.29, 0.717) is 21.5 Å². The zero-order valence-corrected chi connectivity index (χ0v) is 6.79. The van der Waals surface area contributed by atoms with Crippen LogP contribution in [-0.2, 0) is 0 Å². The number of hydrogen-bond acceptors (Lipinski definition) is 2. The molecule has 0 aliphatic carbocycles. The predicted octanol–water partition coefficient (Wildman–Crippen LogP) is 0.674. The molecule has 11 heavy (non-hydrogen) atoms. The monoisotopic (exact) mass is 155 g/mol. The van der Waals surface area contributed by atoms with Gasteiger partial charge in [0, 0.05) is 11.8 Å². The Morgan fingerprint density at radius 1 is 1.45 bits per heavy atom. The van der Waals surface area contributed by atoms with Crippen LogP contribution < -0.4 is 4.43 Å². The maximum Gasteiger partial charge on any atom is 0.255 e. The number of rotatable bonds is 0. The summed E-state index contributed by atoms with van der Waals surface area (Å²) >= 11 is 0. The maximum absolute atomic E-state index is 11.1. The van der Waals surface area contributed by atoms with Crippen LogP contribution in [0.4, 0.5) is 0 Å². The number of aromatic nitrogens is 2. The highest BCUT2D eigenvalue weighted by Crippen LogP contribution is 2.01. The molecule has 0 saturated heterocycles. The first kappa shape index (κ1) is 7.78. The van der Waals surface area contributed by atoms with Crippen molar-refractivity contribution in [2.24, 2.45) is 0 Å². The van der Waals surface area contributed by atoms with Gasteiger partial charge in [-0.3, -0.25) is 0 Å². The second-order valence-corrected chi connectivity index (χ2v) is 2.56. The highest BCUT2D eigenvalue weighted by atomic mass is 16.7. The van der Waals surface area contributed by atoms with E-state index < -0.39 is 0 Å². The normalized spacial score (nSPS) is 10.1. The average molecular weight is 155 g/mol. The first-order valence-corrected chi connectivity index (χ1v) is 3.33. The molecule has 0 amide bonds. The van der Waals surface area contributed by atoms with Crippen LogP contribution in [0.2, 0.25) is 0 Å².